The molecule has 1 fully saturated rings. The van der Waals surface area contributed by atoms with E-state index in [4.69, 9.17) is 5.11 Å². The van der Waals surface area contributed by atoms with Crippen LogP contribution in [0.5, 0.6) is 0 Å². The summed E-state index contributed by atoms with van der Waals surface area (Å²) in [5, 5.41) is 27.1. The van der Waals surface area contributed by atoms with Crippen molar-refractivity contribution in [1.29, 1.82) is 0 Å². The van der Waals surface area contributed by atoms with Crippen LogP contribution in [0.2, 0.25) is 0 Å². The fraction of sp³-hybridized carbons (Fsp3) is 0.636. The van der Waals surface area contributed by atoms with Gasteiger partial charge in [-0.3, -0.25) is 14.9 Å². The Balaban J connectivity index is 2.23. The summed E-state index contributed by atoms with van der Waals surface area (Å²) in [5.74, 6) is -0.588. The first-order chi connectivity index (χ1) is 8.91. The van der Waals surface area contributed by atoms with Crippen LogP contribution < -0.4 is 5.32 Å². The largest absolute Gasteiger partial charge is 0.481 e. The minimum Gasteiger partial charge on any atom is -0.481 e. The quantitative estimate of drug-likeness (QED) is 0.591. The lowest BCUT2D eigenvalue weighted by Gasteiger charge is -2.11. The number of nitro groups is 1. The van der Waals surface area contributed by atoms with E-state index in [0.29, 0.717) is 25.0 Å². The number of aryl methyl sites for hydroxylation is 2. The standard InChI is InChI=1S/C11H16N4O4/c1-3-7-8(15(18)19)9(14(2)13-7)12-6-11(4-5-11)10(16)17/h12H,3-6H2,1-2H3,(H,16,17). The van der Waals surface area contributed by atoms with E-state index in [1.807, 2.05) is 0 Å². The predicted molar refractivity (Wildman–Crippen MR) is 67.0 cm³/mol. The summed E-state index contributed by atoms with van der Waals surface area (Å²) in [6, 6.07) is 0. The maximum absolute atomic E-state index is 11.1. The van der Waals surface area contributed by atoms with Gasteiger partial charge >= 0.3 is 11.7 Å². The first-order valence-electron chi connectivity index (χ1n) is 6.09. The second-order valence-corrected chi connectivity index (χ2v) is 4.82. The summed E-state index contributed by atoms with van der Waals surface area (Å²) in [7, 11) is 1.61. The van der Waals surface area contributed by atoms with E-state index in [1.54, 1.807) is 14.0 Å². The highest BCUT2D eigenvalue weighted by atomic mass is 16.6. The first-order valence-corrected chi connectivity index (χ1v) is 6.09. The normalized spacial score (nSPS) is 16.1. The van der Waals surface area contributed by atoms with Gasteiger partial charge in [0, 0.05) is 13.6 Å². The van der Waals surface area contributed by atoms with Crippen LogP contribution in [0, 0.1) is 15.5 Å². The van der Waals surface area contributed by atoms with Crippen LogP contribution in [0.4, 0.5) is 11.5 Å². The van der Waals surface area contributed by atoms with Crippen molar-refractivity contribution in [3.63, 3.8) is 0 Å². The molecule has 8 heteroatoms. The van der Waals surface area contributed by atoms with E-state index < -0.39 is 16.3 Å². The molecule has 2 rings (SSSR count). The number of rotatable bonds is 6. The van der Waals surface area contributed by atoms with Gasteiger partial charge in [0.05, 0.1) is 10.3 Å². The molecule has 0 aromatic carbocycles. The Kier molecular flexibility index (Phi) is 3.17. The van der Waals surface area contributed by atoms with Crippen molar-refractivity contribution in [1.82, 2.24) is 9.78 Å². The minimum absolute atomic E-state index is 0.0637. The first kappa shape index (κ1) is 13.3. The molecule has 0 saturated heterocycles. The molecule has 2 N–H and O–H groups in total. The Morgan fingerprint density at radius 2 is 2.26 bits per heavy atom. The highest BCUT2D eigenvalue weighted by Gasteiger charge is 2.50. The van der Waals surface area contributed by atoms with Crippen LogP contribution in [0.15, 0.2) is 0 Å². The van der Waals surface area contributed by atoms with Crippen molar-refractivity contribution >= 4 is 17.5 Å². The third-order valence-corrected chi connectivity index (χ3v) is 3.51. The monoisotopic (exact) mass is 268 g/mol. The van der Waals surface area contributed by atoms with Crippen LogP contribution in [0.1, 0.15) is 25.5 Å². The second kappa shape index (κ2) is 4.52. The number of nitrogens with one attached hydrogen (secondary N) is 1. The smallest absolute Gasteiger partial charge is 0.333 e. The molecule has 0 unspecified atom stereocenters. The Labute approximate surface area is 109 Å². The van der Waals surface area contributed by atoms with Crippen molar-refractivity contribution in [3.05, 3.63) is 15.8 Å². The van der Waals surface area contributed by atoms with Crippen LogP contribution in [-0.4, -0.2) is 32.3 Å². The van der Waals surface area contributed by atoms with Crippen molar-refractivity contribution in [3.8, 4) is 0 Å². The third kappa shape index (κ3) is 2.25. The number of carboxylic acid groups (broad SMARTS) is 1. The van der Waals surface area contributed by atoms with Crippen LogP contribution in [-0.2, 0) is 18.3 Å². The Bertz CT molecular complexity index is 533. The Hall–Kier alpha value is -2.12. The molecule has 0 spiro atoms. The lowest BCUT2D eigenvalue weighted by Crippen LogP contribution is -2.25. The van der Waals surface area contributed by atoms with Gasteiger partial charge in [0.1, 0.15) is 5.69 Å². The van der Waals surface area contributed by atoms with E-state index in [2.05, 4.69) is 10.4 Å². The number of hydrogen-bond acceptors (Lipinski definition) is 5. The van der Waals surface area contributed by atoms with Gasteiger partial charge < -0.3 is 10.4 Å². The van der Waals surface area contributed by atoms with Gasteiger partial charge in [-0.15, -0.1) is 0 Å². The lowest BCUT2D eigenvalue weighted by atomic mass is 10.1. The summed E-state index contributed by atoms with van der Waals surface area (Å²) in [4.78, 5) is 21.7. The SMILES string of the molecule is CCc1nn(C)c(NCC2(C(=O)O)CC2)c1[N+](=O)[O-]. The average molecular weight is 268 g/mol. The average Bonchev–Trinajstić information content (AvgIpc) is 3.06. The molecule has 1 saturated carbocycles. The summed E-state index contributed by atoms with van der Waals surface area (Å²) in [6.45, 7) is 1.98. The van der Waals surface area contributed by atoms with Gasteiger partial charge in [0.2, 0.25) is 5.82 Å². The molecular formula is C11H16N4O4. The zero-order chi connectivity index (χ0) is 14.2. The molecule has 0 aliphatic heterocycles. The third-order valence-electron chi connectivity index (χ3n) is 3.51. The number of anilines is 1. The minimum atomic E-state index is -0.861. The number of carboxylic acids is 1. The maximum atomic E-state index is 11.1. The molecule has 0 radical (unpaired) electrons. The number of aromatic nitrogens is 2. The zero-order valence-electron chi connectivity index (χ0n) is 10.8. The summed E-state index contributed by atoms with van der Waals surface area (Å²) < 4.78 is 1.40. The van der Waals surface area contributed by atoms with Crippen LogP contribution in [0.3, 0.4) is 0 Å². The topological polar surface area (TPSA) is 110 Å². The summed E-state index contributed by atoms with van der Waals surface area (Å²) in [5.41, 5.74) is -0.439. The fourth-order valence-corrected chi connectivity index (χ4v) is 2.07. The molecule has 19 heavy (non-hydrogen) atoms. The lowest BCUT2D eigenvalue weighted by molar-refractivity contribution is -0.384. The van der Waals surface area contributed by atoms with Gasteiger partial charge in [-0.05, 0) is 19.3 Å². The second-order valence-electron chi connectivity index (χ2n) is 4.82. The van der Waals surface area contributed by atoms with Crippen molar-refractivity contribution in [2.75, 3.05) is 11.9 Å². The molecule has 1 aromatic heterocycles. The van der Waals surface area contributed by atoms with Crippen molar-refractivity contribution in [2.45, 2.75) is 26.2 Å². The molecule has 1 aromatic rings. The molecular weight excluding hydrogens is 252 g/mol. The molecule has 8 nitrogen and oxygen atoms in total. The van der Waals surface area contributed by atoms with E-state index in [-0.39, 0.29) is 18.1 Å². The zero-order valence-corrected chi connectivity index (χ0v) is 10.8. The van der Waals surface area contributed by atoms with Crippen molar-refractivity contribution < 1.29 is 14.8 Å². The van der Waals surface area contributed by atoms with Gasteiger partial charge in [-0.1, -0.05) is 6.92 Å². The Morgan fingerprint density at radius 3 is 2.68 bits per heavy atom. The van der Waals surface area contributed by atoms with Gasteiger partial charge in [-0.25, -0.2) is 4.68 Å². The molecule has 0 amide bonds. The number of nitrogens with zero attached hydrogens (tertiary/aromatic N) is 3. The molecule has 1 heterocycles. The molecule has 1 aliphatic rings. The van der Waals surface area contributed by atoms with Gasteiger partial charge in [0.15, 0.2) is 0 Å². The highest BCUT2D eigenvalue weighted by Crippen LogP contribution is 2.46. The van der Waals surface area contributed by atoms with Crippen LogP contribution >= 0.6 is 0 Å². The van der Waals surface area contributed by atoms with Crippen molar-refractivity contribution in [2.24, 2.45) is 12.5 Å². The number of aliphatic carboxylic acids is 1. The Morgan fingerprint density at radius 1 is 1.63 bits per heavy atom. The van der Waals surface area contributed by atoms with E-state index in [0.717, 1.165) is 0 Å². The summed E-state index contributed by atoms with van der Waals surface area (Å²) in [6.07, 6.45) is 1.65. The predicted octanol–water partition coefficient (Wildman–Crippen LogP) is 1.17. The van der Waals surface area contributed by atoms with Gasteiger partial charge in [-0.2, -0.15) is 5.10 Å². The number of carbonyl (C=O) groups is 1. The molecule has 0 atom stereocenters. The summed E-state index contributed by atoms with van der Waals surface area (Å²) >= 11 is 0. The van der Waals surface area contributed by atoms with Gasteiger partial charge in [0.25, 0.3) is 0 Å². The fourth-order valence-electron chi connectivity index (χ4n) is 2.07. The van der Waals surface area contributed by atoms with E-state index >= 15 is 0 Å². The molecule has 104 valence electrons. The van der Waals surface area contributed by atoms with Crippen LogP contribution in [0.25, 0.3) is 0 Å². The molecule has 0 bridgehead atoms. The van der Waals surface area contributed by atoms with E-state index in [9.17, 15) is 14.9 Å². The number of hydrogen-bond donors (Lipinski definition) is 2. The molecule has 1 aliphatic carbocycles. The highest BCUT2D eigenvalue weighted by molar-refractivity contribution is 5.78. The maximum Gasteiger partial charge on any atom is 0.333 e. The van der Waals surface area contributed by atoms with E-state index in [1.165, 1.54) is 4.68 Å².